The Morgan fingerprint density at radius 1 is 1.10 bits per heavy atom. The van der Waals surface area contributed by atoms with Crippen molar-refractivity contribution >= 4 is 33.4 Å². The molecule has 3 aromatic rings. The highest BCUT2D eigenvalue weighted by atomic mass is 35.5. The Morgan fingerprint density at radius 3 is 2.63 bits per heavy atom. The molecule has 1 aromatic heterocycles. The summed E-state index contributed by atoms with van der Waals surface area (Å²) in [7, 11) is -3.60. The van der Waals surface area contributed by atoms with Crippen molar-refractivity contribution in [1.82, 2.24) is 14.5 Å². The number of morpholine rings is 1. The van der Waals surface area contributed by atoms with Crippen molar-refractivity contribution in [2.75, 3.05) is 26.3 Å². The van der Waals surface area contributed by atoms with Gasteiger partial charge in [0, 0.05) is 28.9 Å². The van der Waals surface area contributed by atoms with Crippen LogP contribution in [-0.4, -0.2) is 49.2 Å². The Morgan fingerprint density at radius 2 is 1.87 bits per heavy atom. The number of rotatable bonds is 6. The maximum absolute atomic E-state index is 12.9. The summed E-state index contributed by atoms with van der Waals surface area (Å²) in [5, 5.41) is 9.27. The molecule has 0 aliphatic carbocycles. The van der Waals surface area contributed by atoms with Crippen molar-refractivity contribution in [2.45, 2.75) is 22.3 Å². The van der Waals surface area contributed by atoms with E-state index >= 15 is 0 Å². The third-order valence-corrected chi connectivity index (χ3v) is 7.93. The van der Waals surface area contributed by atoms with Crippen molar-refractivity contribution in [2.24, 2.45) is 0 Å². The highest BCUT2D eigenvalue weighted by Gasteiger charge is 2.27. The van der Waals surface area contributed by atoms with Crippen LogP contribution in [0.15, 0.2) is 63.1 Å². The second-order valence-corrected chi connectivity index (χ2v) is 10.3. The fourth-order valence-electron chi connectivity index (χ4n) is 3.12. The number of halogens is 1. The zero-order valence-corrected chi connectivity index (χ0v) is 18.6. The Labute approximate surface area is 184 Å². The maximum Gasteiger partial charge on any atom is 0.277 e. The molecule has 2 aromatic carbocycles. The average Bonchev–Trinajstić information content (AvgIpc) is 3.23. The Bertz CT molecular complexity index is 1130. The standard InChI is InChI=1S/C20H20ClN3O4S2/c1-14(17-7-2-3-8-18(17)21)29-20-23-22-19(28-20)15-5-4-6-16(13-15)30(25,26)24-9-11-27-12-10-24/h2-8,13-14H,9-12H2,1H3. The summed E-state index contributed by atoms with van der Waals surface area (Å²) in [5.41, 5.74) is 1.52. The first-order valence-corrected chi connectivity index (χ1v) is 12.1. The predicted octanol–water partition coefficient (Wildman–Crippen LogP) is 4.26. The van der Waals surface area contributed by atoms with Crippen LogP contribution in [0.1, 0.15) is 17.7 Å². The summed E-state index contributed by atoms with van der Waals surface area (Å²) in [4.78, 5) is 0.193. The SMILES string of the molecule is CC(Sc1nnc(-c2cccc(S(=O)(=O)N3CCOCC3)c2)o1)c1ccccc1Cl. The number of ether oxygens (including phenoxy) is 1. The Kier molecular flexibility index (Phi) is 6.45. The normalized spacial score (nSPS) is 16.5. The summed E-state index contributed by atoms with van der Waals surface area (Å²) < 4.78 is 38.3. The number of benzene rings is 2. The van der Waals surface area contributed by atoms with Crippen LogP contribution in [0.25, 0.3) is 11.5 Å². The number of hydrogen-bond acceptors (Lipinski definition) is 7. The van der Waals surface area contributed by atoms with Crippen LogP contribution in [0.4, 0.5) is 0 Å². The molecular formula is C20H20ClN3O4S2. The van der Waals surface area contributed by atoms with Gasteiger partial charge in [-0.3, -0.25) is 0 Å². The molecule has 0 N–H and O–H groups in total. The molecule has 1 saturated heterocycles. The number of aromatic nitrogens is 2. The summed E-state index contributed by atoms with van der Waals surface area (Å²) in [6.45, 7) is 3.48. The molecule has 0 bridgehead atoms. The third kappa shape index (κ3) is 4.55. The molecule has 4 rings (SSSR count). The molecule has 2 heterocycles. The van der Waals surface area contributed by atoms with Crippen LogP contribution in [-0.2, 0) is 14.8 Å². The van der Waals surface area contributed by atoms with Gasteiger partial charge in [0.1, 0.15) is 0 Å². The molecule has 0 saturated carbocycles. The molecular weight excluding hydrogens is 446 g/mol. The minimum absolute atomic E-state index is 0.0139. The fraction of sp³-hybridized carbons (Fsp3) is 0.300. The van der Waals surface area contributed by atoms with Crippen molar-refractivity contribution in [1.29, 1.82) is 0 Å². The van der Waals surface area contributed by atoms with Crippen molar-refractivity contribution in [3.05, 3.63) is 59.1 Å². The molecule has 1 aliphatic heterocycles. The van der Waals surface area contributed by atoms with Gasteiger partial charge in [-0.25, -0.2) is 8.42 Å². The summed E-state index contributed by atoms with van der Waals surface area (Å²) in [6.07, 6.45) is 0. The first-order chi connectivity index (χ1) is 14.4. The second-order valence-electron chi connectivity index (χ2n) is 6.70. The minimum Gasteiger partial charge on any atom is -0.411 e. The van der Waals surface area contributed by atoms with E-state index < -0.39 is 10.0 Å². The monoisotopic (exact) mass is 465 g/mol. The van der Waals surface area contributed by atoms with Gasteiger partial charge in [0.2, 0.25) is 15.9 Å². The van der Waals surface area contributed by atoms with Crippen LogP contribution in [0.2, 0.25) is 5.02 Å². The van der Waals surface area contributed by atoms with Crippen LogP contribution in [0, 0.1) is 0 Å². The molecule has 7 nitrogen and oxygen atoms in total. The highest BCUT2D eigenvalue weighted by molar-refractivity contribution is 7.99. The van der Waals surface area contributed by atoms with Crippen molar-refractivity contribution in [3.63, 3.8) is 0 Å². The largest absolute Gasteiger partial charge is 0.411 e. The topological polar surface area (TPSA) is 85.5 Å². The smallest absolute Gasteiger partial charge is 0.277 e. The third-order valence-electron chi connectivity index (χ3n) is 4.72. The predicted molar refractivity (Wildman–Crippen MR) is 115 cm³/mol. The Hall–Kier alpha value is -1.91. The van der Waals surface area contributed by atoms with Gasteiger partial charge in [0.25, 0.3) is 5.22 Å². The van der Waals surface area contributed by atoms with Gasteiger partial charge in [-0.05, 0) is 36.8 Å². The fourth-order valence-corrected chi connectivity index (χ4v) is 5.79. The molecule has 10 heteroatoms. The second kappa shape index (κ2) is 9.07. The number of hydrogen-bond donors (Lipinski definition) is 0. The van der Waals surface area contributed by atoms with E-state index in [1.165, 1.54) is 16.1 Å². The highest BCUT2D eigenvalue weighted by Crippen LogP contribution is 2.38. The van der Waals surface area contributed by atoms with E-state index in [0.717, 1.165) is 5.56 Å². The van der Waals surface area contributed by atoms with Crippen LogP contribution in [0.3, 0.4) is 0 Å². The zero-order valence-electron chi connectivity index (χ0n) is 16.2. The van der Waals surface area contributed by atoms with E-state index in [0.29, 0.717) is 42.1 Å². The summed E-state index contributed by atoms with van der Waals surface area (Å²) >= 11 is 7.66. The van der Waals surface area contributed by atoms with Crippen molar-refractivity contribution in [3.8, 4) is 11.5 Å². The van der Waals surface area contributed by atoms with Gasteiger partial charge in [-0.1, -0.05) is 47.6 Å². The van der Waals surface area contributed by atoms with E-state index in [4.69, 9.17) is 20.8 Å². The van der Waals surface area contributed by atoms with Crippen molar-refractivity contribution < 1.29 is 17.6 Å². The molecule has 30 heavy (non-hydrogen) atoms. The molecule has 0 amide bonds. The lowest BCUT2D eigenvalue weighted by atomic mass is 10.2. The molecule has 1 atom stereocenters. The van der Waals surface area contributed by atoms with E-state index in [-0.39, 0.29) is 16.0 Å². The van der Waals surface area contributed by atoms with Gasteiger partial charge >= 0.3 is 0 Å². The van der Waals surface area contributed by atoms with Gasteiger partial charge in [-0.2, -0.15) is 4.31 Å². The summed E-state index contributed by atoms with van der Waals surface area (Å²) in [6, 6.07) is 14.2. The number of sulfonamides is 1. The van der Waals surface area contributed by atoms with Gasteiger partial charge in [0.15, 0.2) is 0 Å². The molecule has 1 unspecified atom stereocenters. The lowest BCUT2D eigenvalue weighted by molar-refractivity contribution is 0.0730. The molecule has 1 fully saturated rings. The van der Waals surface area contributed by atoms with Gasteiger partial charge in [-0.15, -0.1) is 10.2 Å². The molecule has 0 spiro atoms. The average molecular weight is 466 g/mol. The first kappa shape index (κ1) is 21.3. The molecule has 1 aliphatic rings. The Balaban J connectivity index is 1.54. The molecule has 0 radical (unpaired) electrons. The number of thioether (sulfide) groups is 1. The number of nitrogens with zero attached hydrogens (tertiary/aromatic N) is 3. The van der Waals surface area contributed by atoms with Crippen LogP contribution < -0.4 is 0 Å². The van der Waals surface area contributed by atoms with Crippen LogP contribution >= 0.6 is 23.4 Å². The molecule has 158 valence electrons. The lowest BCUT2D eigenvalue weighted by Gasteiger charge is -2.26. The quantitative estimate of drug-likeness (QED) is 0.502. The van der Waals surface area contributed by atoms with E-state index in [1.54, 1.807) is 24.3 Å². The van der Waals surface area contributed by atoms with E-state index in [9.17, 15) is 8.42 Å². The van der Waals surface area contributed by atoms with Gasteiger partial charge in [0.05, 0.1) is 18.1 Å². The van der Waals surface area contributed by atoms with Crippen LogP contribution in [0.5, 0.6) is 0 Å². The maximum atomic E-state index is 12.9. The van der Waals surface area contributed by atoms with Gasteiger partial charge < -0.3 is 9.15 Å². The van der Waals surface area contributed by atoms with E-state index in [2.05, 4.69) is 10.2 Å². The minimum atomic E-state index is -3.60. The lowest BCUT2D eigenvalue weighted by Crippen LogP contribution is -2.40. The van der Waals surface area contributed by atoms with E-state index in [1.807, 2.05) is 31.2 Å². The summed E-state index contributed by atoms with van der Waals surface area (Å²) in [5.74, 6) is 0.267. The zero-order chi connectivity index (χ0) is 21.1. The first-order valence-electron chi connectivity index (χ1n) is 9.38.